The van der Waals surface area contributed by atoms with Crippen LogP contribution in [-0.4, -0.2) is 73.7 Å². The summed E-state index contributed by atoms with van der Waals surface area (Å²) in [7, 11) is -9.85. The number of imidazole rings is 1. The summed E-state index contributed by atoms with van der Waals surface area (Å²) in [6, 6.07) is 0. The van der Waals surface area contributed by atoms with E-state index < -0.39 is 60.7 Å². The van der Waals surface area contributed by atoms with Crippen molar-refractivity contribution < 1.29 is 51.0 Å². The fraction of sp³-hybridized carbons (Fsp3) is 0.615. The van der Waals surface area contributed by atoms with Gasteiger partial charge in [0.05, 0.1) is 12.9 Å². The van der Waals surface area contributed by atoms with Gasteiger partial charge in [0.1, 0.15) is 30.2 Å². The lowest BCUT2D eigenvalue weighted by atomic mass is 10.1. The van der Waals surface area contributed by atoms with Crippen molar-refractivity contribution in [1.29, 1.82) is 0 Å². The predicted octanol–water partition coefficient (Wildman–Crippen LogP) is 0.638. The van der Waals surface area contributed by atoms with Crippen LogP contribution in [0.15, 0.2) is 12.7 Å². The van der Waals surface area contributed by atoms with Gasteiger partial charge in [-0.2, -0.15) is 0 Å². The number of rotatable bonds is 5. The summed E-state index contributed by atoms with van der Waals surface area (Å²) in [6.07, 6.45) is -0.185. The Balaban J connectivity index is 1.36. The summed E-state index contributed by atoms with van der Waals surface area (Å²) in [4.78, 5) is 31.5. The highest BCUT2D eigenvalue weighted by Crippen LogP contribution is 2.75. The van der Waals surface area contributed by atoms with Gasteiger partial charge >= 0.3 is 23.8 Å². The van der Waals surface area contributed by atoms with E-state index in [1.54, 1.807) is 4.57 Å². The first-order valence-corrected chi connectivity index (χ1v) is 13.7. The molecular formula is C13H18N5O11P3. The molecule has 32 heavy (non-hydrogen) atoms. The second kappa shape index (κ2) is 8.27. The zero-order chi connectivity index (χ0) is 22.7. The number of methoxy groups -OCH3 is 1. The van der Waals surface area contributed by atoms with Gasteiger partial charge in [-0.3, -0.25) is 13.7 Å². The van der Waals surface area contributed by atoms with Gasteiger partial charge in [0.15, 0.2) is 23.6 Å². The van der Waals surface area contributed by atoms with Gasteiger partial charge in [-0.15, -0.1) is 0 Å². The molecule has 0 amide bonds. The molecule has 3 aliphatic rings. The van der Waals surface area contributed by atoms with Crippen LogP contribution in [0.1, 0.15) is 6.23 Å². The summed E-state index contributed by atoms with van der Waals surface area (Å²) in [5, 5.41) is 0. The molecule has 7 atom stereocenters. The molecule has 4 N–H and O–H groups in total. The number of hydrogen-bond donors (Lipinski definition) is 3. The van der Waals surface area contributed by atoms with Crippen molar-refractivity contribution in [3.8, 4) is 0 Å². The standard InChI is InChI=1S/C13H18N5O11P3/c1-23-13-26-8-6(2-24-30-28-31(19,20)5-32(21,22)29-30)25-12(9(8)27-13)18-4-17-7-10(14)15-3-16-11(7)18/h3-4,6,8-9,12-13H,2,5H2,1H3,(H,19,20)(H,21,22)(H2,14,15,16)/t6-,8-,9-,12-,13?/m1/s1. The molecule has 0 aliphatic carbocycles. The Morgan fingerprint density at radius 1 is 1.19 bits per heavy atom. The highest BCUT2D eigenvalue weighted by Gasteiger charge is 2.55. The fourth-order valence-electron chi connectivity index (χ4n) is 3.51. The number of hydrogen-bond acceptors (Lipinski definition) is 13. The maximum atomic E-state index is 11.8. The Labute approximate surface area is 181 Å². The van der Waals surface area contributed by atoms with Crippen LogP contribution in [0.2, 0.25) is 0 Å². The maximum absolute atomic E-state index is 11.8. The molecule has 0 aromatic carbocycles. The van der Waals surface area contributed by atoms with Crippen molar-refractivity contribution in [2.45, 2.75) is 31.0 Å². The van der Waals surface area contributed by atoms with Gasteiger partial charge in [0.25, 0.3) is 6.48 Å². The molecule has 2 aromatic rings. The van der Waals surface area contributed by atoms with Crippen LogP contribution in [0, 0.1) is 0 Å². The lowest BCUT2D eigenvalue weighted by Gasteiger charge is -2.28. The Bertz CT molecular complexity index is 1090. The molecule has 16 nitrogen and oxygen atoms in total. The van der Waals surface area contributed by atoms with Crippen LogP contribution in [0.5, 0.6) is 0 Å². The summed E-state index contributed by atoms with van der Waals surface area (Å²) >= 11 is 0. The monoisotopic (exact) mass is 513 g/mol. The summed E-state index contributed by atoms with van der Waals surface area (Å²) < 4.78 is 62.8. The Hall–Kier alpha value is -1.12. The fourth-order valence-corrected chi connectivity index (χ4v) is 9.36. The van der Waals surface area contributed by atoms with Crippen LogP contribution >= 0.6 is 23.8 Å². The van der Waals surface area contributed by atoms with Gasteiger partial charge in [-0.25, -0.2) is 23.6 Å². The Morgan fingerprint density at radius 3 is 2.62 bits per heavy atom. The lowest BCUT2D eigenvalue weighted by Crippen LogP contribution is -2.31. The number of anilines is 1. The molecule has 3 saturated heterocycles. The Morgan fingerprint density at radius 2 is 1.91 bits per heavy atom. The van der Waals surface area contributed by atoms with E-state index in [-0.39, 0.29) is 12.4 Å². The van der Waals surface area contributed by atoms with E-state index in [1.165, 1.54) is 19.8 Å². The number of nitrogens with two attached hydrogens (primary N) is 1. The average Bonchev–Trinajstić information content (AvgIpc) is 3.38. The highest BCUT2D eigenvalue weighted by molar-refractivity contribution is 7.79. The molecule has 176 valence electrons. The third-order valence-corrected chi connectivity index (χ3v) is 11.1. The van der Waals surface area contributed by atoms with Crippen LogP contribution in [0.4, 0.5) is 5.82 Å². The molecule has 0 radical (unpaired) electrons. The van der Waals surface area contributed by atoms with Crippen LogP contribution in [0.3, 0.4) is 0 Å². The molecule has 19 heteroatoms. The van der Waals surface area contributed by atoms with Crippen molar-refractivity contribution in [3.63, 3.8) is 0 Å². The lowest BCUT2D eigenvalue weighted by molar-refractivity contribution is -0.256. The predicted molar refractivity (Wildman–Crippen MR) is 104 cm³/mol. The van der Waals surface area contributed by atoms with Gasteiger partial charge < -0.3 is 39.0 Å². The molecule has 5 heterocycles. The first-order chi connectivity index (χ1) is 15.2. The van der Waals surface area contributed by atoms with Crippen molar-refractivity contribution >= 4 is 40.8 Å². The minimum atomic E-state index is -4.34. The Kier molecular flexibility index (Phi) is 5.86. The molecule has 3 aliphatic heterocycles. The van der Waals surface area contributed by atoms with Crippen molar-refractivity contribution in [1.82, 2.24) is 19.5 Å². The van der Waals surface area contributed by atoms with E-state index in [0.29, 0.717) is 11.2 Å². The van der Waals surface area contributed by atoms with Crippen LogP contribution < -0.4 is 5.73 Å². The molecule has 5 rings (SSSR count). The second-order valence-electron chi connectivity index (χ2n) is 6.97. The molecule has 0 spiro atoms. The maximum Gasteiger partial charge on any atom is 0.348 e. The average molecular weight is 513 g/mol. The first kappa shape index (κ1) is 22.7. The third-order valence-electron chi connectivity index (χ3n) is 4.77. The molecule has 0 bridgehead atoms. The minimum Gasteiger partial charge on any atom is -0.382 e. The number of nitrogen functional groups attached to an aromatic ring is 1. The van der Waals surface area contributed by atoms with Crippen LogP contribution in [-0.2, 0) is 41.2 Å². The van der Waals surface area contributed by atoms with Crippen molar-refractivity contribution in [2.75, 3.05) is 25.4 Å². The SMILES string of the molecule is COC1O[C@@H]2[C@H](O1)[C@@H](COP1OP(=O)(O)CP(=O)(O)O1)O[C@H]2n1cnc2c(N)ncnc21. The second-order valence-corrected chi connectivity index (χ2v) is 12.7. The molecular weight excluding hydrogens is 495 g/mol. The number of aromatic nitrogens is 4. The van der Waals surface area contributed by atoms with Crippen molar-refractivity contribution in [2.24, 2.45) is 0 Å². The molecule has 0 saturated carbocycles. The van der Waals surface area contributed by atoms with Crippen molar-refractivity contribution in [3.05, 3.63) is 12.7 Å². The van der Waals surface area contributed by atoms with E-state index in [2.05, 4.69) is 15.0 Å². The van der Waals surface area contributed by atoms with E-state index in [9.17, 15) is 18.9 Å². The van der Waals surface area contributed by atoms with Gasteiger partial charge in [-0.05, 0) is 0 Å². The quantitative estimate of drug-likeness (QED) is 0.469. The first-order valence-electron chi connectivity index (χ1n) is 9.04. The van der Waals surface area contributed by atoms with E-state index >= 15 is 0 Å². The number of fused-ring (bicyclic) bond motifs is 2. The highest BCUT2D eigenvalue weighted by atomic mass is 31.3. The zero-order valence-corrected chi connectivity index (χ0v) is 18.9. The summed E-state index contributed by atoms with van der Waals surface area (Å²) in [6.45, 7) is -1.25. The van der Waals surface area contributed by atoms with E-state index in [1.807, 2.05) is 0 Å². The van der Waals surface area contributed by atoms with E-state index in [4.69, 9.17) is 37.8 Å². The molecule has 3 unspecified atom stereocenters. The van der Waals surface area contributed by atoms with E-state index in [0.717, 1.165) is 0 Å². The summed E-state index contributed by atoms with van der Waals surface area (Å²) in [5.41, 5.74) is 6.62. The van der Waals surface area contributed by atoms with Gasteiger partial charge in [0.2, 0.25) is 0 Å². The van der Waals surface area contributed by atoms with Gasteiger partial charge in [-0.1, -0.05) is 0 Å². The zero-order valence-electron chi connectivity index (χ0n) is 16.2. The summed E-state index contributed by atoms with van der Waals surface area (Å²) in [5.74, 6) is -0.821. The van der Waals surface area contributed by atoms with Crippen LogP contribution in [0.25, 0.3) is 11.2 Å². The molecule has 3 fully saturated rings. The number of nitrogens with zero attached hydrogens (tertiary/aromatic N) is 4. The largest absolute Gasteiger partial charge is 0.382 e. The topological polar surface area (TPSA) is 209 Å². The van der Waals surface area contributed by atoms with Gasteiger partial charge in [0, 0.05) is 7.11 Å². The smallest absolute Gasteiger partial charge is 0.348 e. The third kappa shape index (κ3) is 4.23. The number of ether oxygens (including phenoxy) is 4. The normalized spacial score (nSPS) is 41.8. The minimum absolute atomic E-state index is 0.192. The molecule has 2 aromatic heterocycles.